The zero-order chi connectivity index (χ0) is 8.81. The largest absolute Gasteiger partial charge is 0.318 e. The molecule has 1 aromatic carbocycles. The summed E-state index contributed by atoms with van der Waals surface area (Å²) in [5, 5.41) is 3.17. The van der Waals surface area contributed by atoms with Crippen molar-refractivity contribution in [3.8, 4) is 0 Å². The molecule has 1 rings (SSSR count). The van der Waals surface area contributed by atoms with Crippen LogP contribution in [0.4, 0.5) is 0 Å². The molecule has 0 aliphatic heterocycles. The van der Waals surface area contributed by atoms with Crippen LogP contribution >= 0.6 is 24.8 Å². The molecule has 1 atom stereocenters. The summed E-state index contributed by atoms with van der Waals surface area (Å²) in [5.74, 6) is 0. The minimum atomic E-state index is 0. The lowest BCUT2D eigenvalue weighted by molar-refractivity contribution is 0.557. The molecule has 0 aliphatic carbocycles. The average Bonchev–Trinajstić information content (AvgIpc) is 2.06. The highest BCUT2D eigenvalue weighted by Gasteiger charge is 1.99. The van der Waals surface area contributed by atoms with E-state index in [1.807, 2.05) is 6.07 Å². The molecule has 0 saturated carbocycles. The van der Waals surface area contributed by atoms with Crippen molar-refractivity contribution in [2.45, 2.75) is 19.4 Å². The number of rotatable bonds is 4. The van der Waals surface area contributed by atoms with Crippen molar-refractivity contribution in [2.24, 2.45) is 5.73 Å². The standard InChI is InChI=1S/C10H16N2.2ClH/c1-9(12-8-11)7-10-5-3-2-4-6-10;;/h2-6,9,12H,7-8,11H2,1H3;2*1H. The van der Waals surface area contributed by atoms with E-state index in [1.54, 1.807) is 0 Å². The molecule has 2 nitrogen and oxygen atoms in total. The fourth-order valence-electron chi connectivity index (χ4n) is 1.24. The van der Waals surface area contributed by atoms with Gasteiger partial charge in [-0.3, -0.25) is 0 Å². The Kier molecular flexibility index (Phi) is 10.7. The third-order valence-electron chi connectivity index (χ3n) is 1.85. The summed E-state index contributed by atoms with van der Waals surface area (Å²) in [5.41, 5.74) is 6.72. The minimum absolute atomic E-state index is 0. The van der Waals surface area contributed by atoms with Crippen LogP contribution in [0.1, 0.15) is 12.5 Å². The molecule has 1 unspecified atom stereocenters. The average molecular weight is 237 g/mol. The van der Waals surface area contributed by atoms with Crippen molar-refractivity contribution in [2.75, 3.05) is 6.67 Å². The molecule has 14 heavy (non-hydrogen) atoms. The van der Waals surface area contributed by atoms with Gasteiger partial charge in [0, 0.05) is 12.7 Å². The van der Waals surface area contributed by atoms with Crippen LogP contribution in [-0.4, -0.2) is 12.7 Å². The van der Waals surface area contributed by atoms with Gasteiger partial charge >= 0.3 is 0 Å². The quantitative estimate of drug-likeness (QED) is 0.785. The summed E-state index contributed by atoms with van der Waals surface area (Å²) >= 11 is 0. The number of benzene rings is 1. The van der Waals surface area contributed by atoms with Crippen LogP contribution in [0.15, 0.2) is 30.3 Å². The summed E-state index contributed by atoms with van der Waals surface area (Å²) in [7, 11) is 0. The second kappa shape index (κ2) is 9.28. The molecule has 0 bridgehead atoms. The van der Waals surface area contributed by atoms with Gasteiger partial charge in [0.1, 0.15) is 0 Å². The maximum Gasteiger partial charge on any atom is 0.0430 e. The molecule has 3 N–H and O–H groups in total. The maximum atomic E-state index is 5.37. The summed E-state index contributed by atoms with van der Waals surface area (Å²) in [4.78, 5) is 0. The van der Waals surface area contributed by atoms with Crippen LogP contribution in [0.25, 0.3) is 0 Å². The second-order valence-corrected chi connectivity index (χ2v) is 3.00. The Morgan fingerprint density at radius 2 is 1.79 bits per heavy atom. The zero-order valence-corrected chi connectivity index (χ0v) is 9.91. The van der Waals surface area contributed by atoms with Gasteiger partial charge in [-0.1, -0.05) is 30.3 Å². The first-order chi connectivity index (χ1) is 5.83. The van der Waals surface area contributed by atoms with Gasteiger partial charge in [-0.25, -0.2) is 0 Å². The molecule has 1 aromatic rings. The SMILES string of the molecule is CC(Cc1ccccc1)NCN.Cl.Cl. The van der Waals surface area contributed by atoms with E-state index in [4.69, 9.17) is 5.73 Å². The molecule has 0 heterocycles. The number of nitrogens with one attached hydrogen (secondary N) is 1. The summed E-state index contributed by atoms with van der Waals surface area (Å²) in [6.45, 7) is 2.69. The molecule has 0 spiro atoms. The topological polar surface area (TPSA) is 38.0 Å². The molecule has 0 radical (unpaired) electrons. The predicted molar refractivity (Wildman–Crippen MR) is 66.3 cm³/mol. The Labute approximate surface area is 98.1 Å². The molecule has 0 amide bonds. The van der Waals surface area contributed by atoms with E-state index >= 15 is 0 Å². The highest BCUT2D eigenvalue weighted by molar-refractivity contribution is 5.85. The zero-order valence-electron chi connectivity index (χ0n) is 8.27. The van der Waals surface area contributed by atoms with Gasteiger partial charge in [-0.2, -0.15) is 0 Å². The van der Waals surface area contributed by atoms with E-state index in [2.05, 4.69) is 36.5 Å². The molecule has 0 fully saturated rings. The highest BCUT2D eigenvalue weighted by atomic mass is 35.5. The minimum Gasteiger partial charge on any atom is -0.318 e. The van der Waals surface area contributed by atoms with Crippen molar-refractivity contribution in [1.82, 2.24) is 5.32 Å². The van der Waals surface area contributed by atoms with Gasteiger partial charge in [0.25, 0.3) is 0 Å². The van der Waals surface area contributed by atoms with Crippen LogP contribution in [-0.2, 0) is 6.42 Å². The van der Waals surface area contributed by atoms with E-state index < -0.39 is 0 Å². The van der Waals surface area contributed by atoms with Crippen molar-refractivity contribution >= 4 is 24.8 Å². The van der Waals surface area contributed by atoms with Gasteiger partial charge in [-0.05, 0) is 18.9 Å². The lowest BCUT2D eigenvalue weighted by Crippen LogP contribution is -2.32. The first kappa shape index (κ1) is 16.2. The monoisotopic (exact) mass is 236 g/mol. The predicted octanol–water partition coefficient (Wildman–Crippen LogP) is 1.97. The van der Waals surface area contributed by atoms with E-state index in [1.165, 1.54) is 5.56 Å². The smallest absolute Gasteiger partial charge is 0.0430 e. The molecule has 0 aromatic heterocycles. The Hall–Kier alpha value is -0.280. The molecule has 82 valence electrons. The van der Waals surface area contributed by atoms with Crippen LogP contribution < -0.4 is 11.1 Å². The van der Waals surface area contributed by atoms with Crippen molar-refractivity contribution in [3.05, 3.63) is 35.9 Å². The van der Waals surface area contributed by atoms with Gasteiger partial charge in [0.15, 0.2) is 0 Å². The first-order valence-corrected chi connectivity index (χ1v) is 4.30. The molecule has 0 aliphatic rings. The van der Waals surface area contributed by atoms with Crippen LogP contribution in [0.2, 0.25) is 0 Å². The summed E-state index contributed by atoms with van der Waals surface area (Å²) < 4.78 is 0. The van der Waals surface area contributed by atoms with E-state index in [0.29, 0.717) is 12.7 Å². The second-order valence-electron chi connectivity index (χ2n) is 3.00. The van der Waals surface area contributed by atoms with Crippen LogP contribution in [0.5, 0.6) is 0 Å². The number of halogens is 2. The molecule has 4 heteroatoms. The summed E-state index contributed by atoms with van der Waals surface area (Å²) in [6, 6.07) is 10.9. The van der Waals surface area contributed by atoms with Crippen LogP contribution in [0, 0.1) is 0 Å². The van der Waals surface area contributed by atoms with Crippen molar-refractivity contribution < 1.29 is 0 Å². The number of hydrogen-bond donors (Lipinski definition) is 2. The van der Waals surface area contributed by atoms with Gasteiger partial charge in [0.05, 0.1) is 0 Å². The Morgan fingerprint density at radius 1 is 1.21 bits per heavy atom. The Bertz CT molecular complexity index is 217. The number of nitrogens with two attached hydrogens (primary N) is 1. The van der Waals surface area contributed by atoms with Gasteiger partial charge < -0.3 is 11.1 Å². The fraction of sp³-hybridized carbons (Fsp3) is 0.400. The normalized spacial score (nSPS) is 11.0. The molecule has 0 saturated heterocycles. The van der Waals surface area contributed by atoms with Crippen molar-refractivity contribution in [3.63, 3.8) is 0 Å². The molecular formula is C10H18Cl2N2. The fourth-order valence-corrected chi connectivity index (χ4v) is 1.24. The maximum absolute atomic E-state index is 5.37. The van der Waals surface area contributed by atoms with E-state index in [9.17, 15) is 0 Å². The lowest BCUT2D eigenvalue weighted by Gasteiger charge is -2.11. The van der Waals surface area contributed by atoms with Gasteiger partial charge in [0.2, 0.25) is 0 Å². The van der Waals surface area contributed by atoms with Crippen molar-refractivity contribution in [1.29, 1.82) is 0 Å². The van der Waals surface area contributed by atoms with Gasteiger partial charge in [-0.15, -0.1) is 24.8 Å². The Morgan fingerprint density at radius 3 is 2.29 bits per heavy atom. The lowest BCUT2D eigenvalue weighted by atomic mass is 10.1. The number of hydrogen-bond acceptors (Lipinski definition) is 2. The highest BCUT2D eigenvalue weighted by Crippen LogP contribution is 2.01. The third-order valence-corrected chi connectivity index (χ3v) is 1.85. The third kappa shape index (κ3) is 6.22. The molecular weight excluding hydrogens is 219 g/mol. The van der Waals surface area contributed by atoms with Crippen LogP contribution in [0.3, 0.4) is 0 Å². The Balaban J connectivity index is 0. The van der Waals surface area contributed by atoms with E-state index in [-0.39, 0.29) is 24.8 Å². The summed E-state index contributed by atoms with van der Waals surface area (Å²) in [6.07, 6.45) is 1.04. The first-order valence-electron chi connectivity index (χ1n) is 4.30. The van der Waals surface area contributed by atoms with E-state index in [0.717, 1.165) is 6.42 Å².